The van der Waals surface area contributed by atoms with E-state index in [9.17, 15) is 14.4 Å². The van der Waals surface area contributed by atoms with E-state index in [1.807, 2.05) is 17.9 Å². The zero-order chi connectivity index (χ0) is 21.3. The Kier molecular flexibility index (Phi) is 5.78. The Morgan fingerprint density at radius 2 is 2.03 bits per heavy atom. The number of benzene rings is 1. The van der Waals surface area contributed by atoms with Gasteiger partial charge in [-0.2, -0.15) is 0 Å². The number of nitrogens with zero attached hydrogens (tertiary/aromatic N) is 3. The van der Waals surface area contributed by atoms with E-state index < -0.39 is 0 Å². The molecule has 1 aromatic carbocycles. The summed E-state index contributed by atoms with van der Waals surface area (Å²) in [6, 6.07) is 7.09. The number of thioether (sulfide) groups is 1. The van der Waals surface area contributed by atoms with Crippen molar-refractivity contribution in [2.45, 2.75) is 24.0 Å². The van der Waals surface area contributed by atoms with Crippen LogP contribution < -0.4 is 10.6 Å². The Hall–Kier alpha value is -2.85. The van der Waals surface area contributed by atoms with Crippen LogP contribution in [0.3, 0.4) is 0 Å². The van der Waals surface area contributed by atoms with Crippen molar-refractivity contribution in [3.63, 3.8) is 0 Å². The first-order valence-corrected chi connectivity index (χ1v) is 10.6. The molecule has 0 saturated carbocycles. The lowest BCUT2D eigenvalue weighted by Crippen LogP contribution is -2.50. The topological polar surface area (TPSA) is 108 Å². The minimum atomic E-state index is -0.166. The van der Waals surface area contributed by atoms with Gasteiger partial charge >= 0.3 is 0 Å². The van der Waals surface area contributed by atoms with Gasteiger partial charge in [-0.3, -0.25) is 19.3 Å². The predicted octanol–water partition coefficient (Wildman–Crippen LogP) is 1.81. The first-order valence-electron chi connectivity index (χ1n) is 9.75. The van der Waals surface area contributed by atoms with E-state index in [2.05, 4.69) is 15.8 Å². The molecule has 1 aromatic heterocycles. The average molecular weight is 430 g/mol. The molecular weight excluding hydrogens is 406 g/mol. The lowest BCUT2D eigenvalue weighted by Gasteiger charge is -2.34. The highest BCUT2D eigenvalue weighted by Crippen LogP contribution is 2.36. The maximum absolute atomic E-state index is 12.9. The maximum atomic E-state index is 12.9. The number of hydrogen-bond acceptors (Lipinski definition) is 7. The number of rotatable bonds is 4. The van der Waals surface area contributed by atoms with Crippen LogP contribution in [0.5, 0.6) is 0 Å². The molecule has 1 atom stereocenters. The zero-order valence-corrected chi connectivity index (χ0v) is 17.6. The van der Waals surface area contributed by atoms with Crippen molar-refractivity contribution in [2.24, 2.45) is 0 Å². The summed E-state index contributed by atoms with van der Waals surface area (Å²) in [7, 11) is 0. The molecule has 2 aliphatic rings. The Bertz CT molecular complexity index is 983. The smallest absolute Gasteiger partial charge is 0.254 e. The van der Waals surface area contributed by atoms with Gasteiger partial charge in [-0.25, -0.2) is 0 Å². The van der Waals surface area contributed by atoms with Crippen molar-refractivity contribution in [1.29, 1.82) is 0 Å². The van der Waals surface area contributed by atoms with Crippen LogP contribution in [0, 0.1) is 6.92 Å². The number of carbonyl (C=O) groups excluding carboxylic acids is 3. The number of aromatic nitrogens is 1. The van der Waals surface area contributed by atoms with Gasteiger partial charge in [0.2, 0.25) is 11.8 Å². The van der Waals surface area contributed by atoms with Crippen molar-refractivity contribution < 1.29 is 18.9 Å². The van der Waals surface area contributed by atoms with Crippen molar-refractivity contribution in [1.82, 2.24) is 15.0 Å². The molecular formula is C20H23N5O4S. The lowest BCUT2D eigenvalue weighted by atomic mass is 10.1. The summed E-state index contributed by atoms with van der Waals surface area (Å²) in [5.74, 6) is 0.744. The first kappa shape index (κ1) is 20.4. The van der Waals surface area contributed by atoms with Crippen LogP contribution in [0.25, 0.3) is 0 Å². The third-order valence-corrected chi connectivity index (χ3v) is 6.26. The molecule has 2 aliphatic heterocycles. The zero-order valence-electron chi connectivity index (χ0n) is 16.8. The molecule has 0 radical (unpaired) electrons. The molecule has 9 nitrogen and oxygen atoms in total. The summed E-state index contributed by atoms with van der Waals surface area (Å²) in [5.41, 5.74) is 1.24. The molecule has 0 bridgehead atoms. The summed E-state index contributed by atoms with van der Waals surface area (Å²) in [5, 5.41) is 9.18. The van der Waals surface area contributed by atoms with E-state index in [0.29, 0.717) is 49.0 Å². The molecule has 3 amide bonds. The third kappa shape index (κ3) is 4.49. The van der Waals surface area contributed by atoms with E-state index in [1.165, 1.54) is 11.8 Å². The van der Waals surface area contributed by atoms with Crippen molar-refractivity contribution in [3.8, 4) is 0 Å². The highest BCUT2D eigenvalue weighted by molar-refractivity contribution is 8.00. The van der Waals surface area contributed by atoms with E-state index in [1.54, 1.807) is 30.0 Å². The SMILES string of the molecule is Cc1cc(NC(=O)CN2CCN(C(=O)c3ccc4c(c3)NC(=O)[C@@H](C)S4)CC2)no1. The number of nitrogens with one attached hydrogen (secondary N) is 2. The van der Waals surface area contributed by atoms with E-state index in [0.717, 1.165) is 4.90 Å². The molecule has 3 heterocycles. The van der Waals surface area contributed by atoms with Crippen LogP contribution in [0.15, 0.2) is 33.7 Å². The maximum Gasteiger partial charge on any atom is 0.254 e. The van der Waals surface area contributed by atoms with Crippen molar-refractivity contribution in [3.05, 3.63) is 35.6 Å². The molecule has 30 heavy (non-hydrogen) atoms. The second-order valence-electron chi connectivity index (χ2n) is 7.40. The molecule has 2 aromatic rings. The minimum Gasteiger partial charge on any atom is -0.360 e. The van der Waals surface area contributed by atoms with Gasteiger partial charge < -0.3 is 20.1 Å². The van der Waals surface area contributed by atoms with Gasteiger partial charge in [0.1, 0.15) is 5.76 Å². The Balaban J connectivity index is 1.31. The standard InChI is InChI=1S/C20H23N5O4S/c1-12-9-17(23-29-12)22-18(26)11-24-5-7-25(8-6-24)20(28)14-3-4-16-15(10-14)21-19(27)13(2)30-16/h3-4,9-10,13H,5-8,11H2,1-2H3,(H,21,27)(H,22,23,26)/t13-/m1/s1. The quantitative estimate of drug-likeness (QED) is 0.763. The molecule has 2 N–H and O–H groups in total. The third-order valence-electron chi connectivity index (χ3n) is 5.08. The summed E-state index contributed by atoms with van der Waals surface area (Å²) in [4.78, 5) is 41.7. The Morgan fingerprint density at radius 3 is 2.73 bits per heavy atom. The van der Waals surface area contributed by atoms with E-state index >= 15 is 0 Å². The van der Waals surface area contributed by atoms with Crippen molar-refractivity contribution in [2.75, 3.05) is 43.4 Å². The van der Waals surface area contributed by atoms with Crippen molar-refractivity contribution >= 4 is 41.0 Å². The van der Waals surface area contributed by atoms with Crippen LogP contribution in [0.4, 0.5) is 11.5 Å². The summed E-state index contributed by atoms with van der Waals surface area (Å²) in [6.45, 7) is 6.12. The normalized spacial score (nSPS) is 19.2. The van der Waals surface area contributed by atoms with Crippen LogP contribution in [-0.4, -0.2) is 70.7 Å². The van der Waals surface area contributed by atoms with Crippen LogP contribution in [-0.2, 0) is 9.59 Å². The number of hydrogen-bond donors (Lipinski definition) is 2. The van der Waals surface area contributed by atoms with Gasteiger partial charge in [0.15, 0.2) is 5.82 Å². The second-order valence-corrected chi connectivity index (χ2v) is 8.78. The second kappa shape index (κ2) is 8.49. The molecule has 1 saturated heterocycles. The summed E-state index contributed by atoms with van der Waals surface area (Å²) in [6.07, 6.45) is 0. The molecule has 158 valence electrons. The van der Waals surface area contributed by atoms with Gasteiger partial charge in [0.25, 0.3) is 5.91 Å². The molecule has 1 fully saturated rings. The van der Waals surface area contributed by atoms with Crippen LogP contribution in [0.1, 0.15) is 23.0 Å². The Morgan fingerprint density at radius 1 is 1.27 bits per heavy atom. The van der Waals surface area contributed by atoms with Gasteiger partial charge in [-0.15, -0.1) is 11.8 Å². The fourth-order valence-electron chi connectivity index (χ4n) is 3.44. The highest BCUT2D eigenvalue weighted by Gasteiger charge is 2.27. The van der Waals surface area contributed by atoms with E-state index in [4.69, 9.17) is 4.52 Å². The summed E-state index contributed by atoms with van der Waals surface area (Å²) >= 11 is 1.49. The van der Waals surface area contributed by atoms with Gasteiger partial charge in [0, 0.05) is 42.7 Å². The molecule has 0 unspecified atom stereocenters. The van der Waals surface area contributed by atoms with Crippen LogP contribution in [0.2, 0.25) is 0 Å². The van der Waals surface area contributed by atoms with Gasteiger partial charge in [-0.1, -0.05) is 5.16 Å². The van der Waals surface area contributed by atoms with Gasteiger partial charge in [0.05, 0.1) is 17.5 Å². The molecule has 10 heteroatoms. The van der Waals surface area contributed by atoms with Crippen LogP contribution >= 0.6 is 11.8 Å². The fourth-order valence-corrected chi connectivity index (χ4v) is 4.37. The number of amides is 3. The summed E-state index contributed by atoms with van der Waals surface area (Å²) < 4.78 is 4.94. The lowest BCUT2D eigenvalue weighted by molar-refractivity contribution is -0.117. The number of aryl methyl sites for hydroxylation is 1. The van der Waals surface area contributed by atoms with Gasteiger partial charge in [-0.05, 0) is 32.0 Å². The highest BCUT2D eigenvalue weighted by atomic mass is 32.2. The fraction of sp³-hybridized carbons (Fsp3) is 0.400. The number of fused-ring (bicyclic) bond motifs is 1. The number of anilines is 2. The molecule has 0 spiro atoms. The number of carbonyl (C=O) groups is 3. The molecule has 4 rings (SSSR count). The molecule has 0 aliphatic carbocycles. The predicted molar refractivity (Wildman–Crippen MR) is 113 cm³/mol. The number of piperazine rings is 1. The van der Waals surface area contributed by atoms with E-state index in [-0.39, 0.29) is 29.5 Å². The monoisotopic (exact) mass is 429 g/mol. The largest absolute Gasteiger partial charge is 0.360 e. The Labute approximate surface area is 178 Å². The first-order chi connectivity index (χ1) is 14.4. The minimum absolute atomic E-state index is 0.0511. The average Bonchev–Trinajstić information content (AvgIpc) is 3.13.